The summed E-state index contributed by atoms with van der Waals surface area (Å²) in [7, 11) is 0. The Morgan fingerprint density at radius 2 is 2.03 bits per heavy atom. The molecule has 1 saturated heterocycles. The maximum atomic E-state index is 5.73. The number of rotatable bonds is 12. The van der Waals surface area contributed by atoms with Crippen LogP contribution in [0, 0.1) is 0 Å². The molecule has 0 bridgehead atoms. The first-order chi connectivity index (χ1) is 15.3. The average Bonchev–Trinajstić information content (AvgIpc) is 3.49. The summed E-state index contributed by atoms with van der Waals surface area (Å²) >= 11 is 0. The normalized spacial score (nSPS) is 15.9. The predicted molar refractivity (Wildman–Crippen MR) is 141 cm³/mol. The Balaban J connectivity index is 0.00000363. The SMILES string of the molecule is CCc1nncn1CCNC(=NCC1CCCO1)NCCCN(CC)c1ccccc1.I. The fraction of sp³-hybridized carbons (Fsp3) is 0.609. The molecule has 0 amide bonds. The molecular formula is C23H38IN7O. The molecule has 1 unspecified atom stereocenters. The molecule has 1 atom stereocenters. The highest BCUT2D eigenvalue weighted by Crippen LogP contribution is 2.13. The first-order valence-electron chi connectivity index (χ1n) is 11.6. The molecule has 2 aromatic rings. The van der Waals surface area contributed by atoms with Crippen molar-refractivity contribution in [2.45, 2.75) is 52.2 Å². The highest BCUT2D eigenvalue weighted by Gasteiger charge is 2.15. The van der Waals surface area contributed by atoms with Gasteiger partial charge >= 0.3 is 0 Å². The van der Waals surface area contributed by atoms with Crippen molar-refractivity contribution in [3.63, 3.8) is 0 Å². The number of nitrogens with zero attached hydrogens (tertiary/aromatic N) is 5. The van der Waals surface area contributed by atoms with Crippen LogP contribution in [0.2, 0.25) is 0 Å². The molecule has 1 aliphatic rings. The Kier molecular flexibility index (Phi) is 12.4. The van der Waals surface area contributed by atoms with Crippen LogP contribution in [0.1, 0.15) is 38.9 Å². The maximum absolute atomic E-state index is 5.73. The summed E-state index contributed by atoms with van der Waals surface area (Å²) in [6.07, 6.45) is 6.19. The van der Waals surface area contributed by atoms with Gasteiger partial charge in [-0.2, -0.15) is 0 Å². The van der Waals surface area contributed by atoms with E-state index in [1.165, 1.54) is 5.69 Å². The van der Waals surface area contributed by atoms with E-state index in [4.69, 9.17) is 9.73 Å². The van der Waals surface area contributed by atoms with E-state index in [9.17, 15) is 0 Å². The zero-order valence-electron chi connectivity index (χ0n) is 19.4. The van der Waals surface area contributed by atoms with Gasteiger partial charge in [-0.3, -0.25) is 4.99 Å². The second-order valence-electron chi connectivity index (χ2n) is 7.74. The second-order valence-corrected chi connectivity index (χ2v) is 7.74. The van der Waals surface area contributed by atoms with Crippen LogP contribution in [0.25, 0.3) is 0 Å². The van der Waals surface area contributed by atoms with Crippen LogP contribution in [0.4, 0.5) is 5.69 Å². The van der Waals surface area contributed by atoms with Gasteiger partial charge in [-0.1, -0.05) is 25.1 Å². The number of para-hydroxylation sites is 1. The number of benzene rings is 1. The van der Waals surface area contributed by atoms with Crippen molar-refractivity contribution in [2.24, 2.45) is 4.99 Å². The van der Waals surface area contributed by atoms with Crippen LogP contribution >= 0.6 is 24.0 Å². The van der Waals surface area contributed by atoms with Crippen molar-refractivity contribution in [2.75, 3.05) is 44.2 Å². The largest absolute Gasteiger partial charge is 0.376 e. The number of guanidine groups is 1. The number of anilines is 1. The fourth-order valence-electron chi connectivity index (χ4n) is 3.78. The first-order valence-corrected chi connectivity index (χ1v) is 11.6. The molecule has 2 heterocycles. The lowest BCUT2D eigenvalue weighted by Crippen LogP contribution is -2.41. The predicted octanol–water partition coefficient (Wildman–Crippen LogP) is 3.09. The van der Waals surface area contributed by atoms with E-state index in [0.29, 0.717) is 6.54 Å². The lowest BCUT2D eigenvalue weighted by molar-refractivity contribution is 0.117. The van der Waals surface area contributed by atoms with E-state index in [-0.39, 0.29) is 30.1 Å². The Hall–Kier alpha value is -1.88. The summed E-state index contributed by atoms with van der Waals surface area (Å²) in [5.74, 6) is 1.86. The van der Waals surface area contributed by atoms with Gasteiger partial charge in [0.15, 0.2) is 5.96 Å². The molecule has 8 nitrogen and oxygen atoms in total. The van der Waals surface area contributed by atoms with E-state index in [1.54, 1.807) is 6.33 Å². The third-order valence-corrected chi connectivity index (χ3v) is 5.53. The molecule has 1 aromatic carbocycles. The second kappa shape index (κ2) is 15.0. The molecule has 0 saturated carbocycles. The maximum Gasteiger partial charge on any atom is 0.191 e. The van der Waals surface area contributed by atoms with E-state index >= 15 is 0 Å². The Morgan fingerprint density at radius 1 is 1.22 bits per heavy atom. The van der Waals surface area contributed by atoms with Gasteiger partial charge in [0.25, 0.3) is 0 Å². The van der Waals surface area contributed by atoms with Crippen molar-refractivity contribution in [1.82, 2.24) is 25.4 Å². The van der Waals surface area contributed by atoms with E-state index in [1.807, 2.05) is 0 Å². The molecule has 2 N–H and O–H groups in total. The van der Waals surface area contributed by atoms with Crippen LogP contribution in [0.3, 0.4) is 0 Å². The van der Waals surface area contributed by atoms with Crippen molar-refractivity contribution in [3.8, 4) is 0 Å². The molecule has 0 aliphatic carbocycles. The number of hydrogen-bond donors (Lipinski definition) is 2. The number of aromatic nitrogens is 3. The number of aryl methyl sites for hydroxylation is 1. The summed E-state index contributed by atoms with van der Waals surface area (Å²) in [6, 6.07) is 10.6. The van der Waals surface area contributed by atoms with Gasteiger partial charge in [0, 0.05) is 51.4 Å². The van der Waals surface area contributed by atoms with E-state index < -0.39 is 0 Å². The first kappa shape index (κ1) is 26.4. The number of aliphatic imine (C=N–C) groups is 1. The smallest absolute Gasteiger partial charge is 0.191 e. The Morgan fingerprint density at radius 3 is 2.75 bits per heavy atom. The van der Waals surface area contributed by atoms with Gasteiger partial charge in [-0.25, -0.2) is 0 Å². The monoisotopic (exact) mass is 555 g/mol. The quantitative estimate of drug-likeness (QED) is 0.182. The molecule has 0 spiro atoms. The van der Waals surface area contributed by atoms with Crippen molar-refractivity contribution in [1.29, 1.82) is 0 Å². The van der Waals surface area contributed by atoms with Crippen LogP contribution in [0.15, 0.2) is 41.7 Å². The molecule has 3 rings (SSSR count). The van der Waals surface area contributed by atoms with Gasteiger partial charge in [0.1, 0.15) is 12.2 Å². The summed E-state index contributed by atoms with van der Waals surface area (Å²) in [6.45, 7) is 10.3. The lowest BCUT2D eigenvalue weighted by atomic mass is 10.2. The topological polar surface area (TPSA) is 79.6 Å². The number of ether oxygens (including phenoxy) is 1. The summed E-state index contributed by atoms with van der Waals surface area (Å²) in [4.78, 5) is 7.18. The third kappa shape index (κ3) is 8.57. The highest BCUT2D eigenvalue weighted by atomic mass is 127. The van der Waals surface area contributed by atoms with Gasteiger partial charge in [-0.15, -0.1) is 34.2 Å². The van der Waals surface area contributed by atoms with Crippen LogP contribution < -0.4 is 15.5 Å². The van der Waals surface area contributed by atoms with E-state index in [2.05, 4.69) is 74.5 Å². The van der Waals surface area contributed by atoms with Crippen molar-refractivity contribution in [3.05, 3.63) is 42.5 Å². The fourth-order valence-corrected chi connectivity index (χ4v) is 3.78. The summed E-state index contributed by atoms with van der Waals surface area (Å²) in [5, 5.41) is 15.1. The number of nitrogens with one attached hydrogen (secondary N) is 2. The lowest BCUT2D eigenvalue weighted by Gasteiger charge is -2.23. The standard InChI is InChI=1S/C23H37N7O.HI/c1-3-22-28-27-19-30(22)16-14-25-23(26-18-21-12-8-17-31-21)24-13-9-15-29(4-2)20-10-6-5-7-11-20;/h5-7,10-11,19,21H,3-4,8-9,12-18H2,1-2H3,(H2,24,25,26);1H. The molecule has 1 aliphatic heterocycles. The molecule has 178 valence electrons. The minimum absolute atomic E-state index is 0. The van der Waals surface area contributed by atoms with Gasteiger partial charge in [0.05, 0.1) is 12.6 Å². The summed E-state index contributed by atoms with van der Waals surface area (Å²) < 4.78 is 7.81. The minimum Gasteiger partial charge on any atom is -0.376 e. The van der Waals surface area contributed by atoms with Gasteiger partial charge in [-0.05, 0) is 38.3 Å². The van der Waals surface area contributed by atoms with Crippen LogP contribution in [0.5, 0.6) is 0 Å². The average molecular weight is 556 g/mol. The number of hydrogen-bond acceptors (Lipinski definition) is 5. The van der Waals surface area contributed by atoms with Crippen LogP contribution in [-0.2, 0) is 17.7 Å². The minimum atomic E-state index is 0. The molecule has 32 heavy (non-hydrogen) atoms. The Bertz CT molecular complexity index is 778. The molecule has 1 fully saturated rings. The van der Waals surface area contributed by atoms with E-state index in [0.717, 1.165) is 76.8 Å². The zero-order valence-corrected chi connectivity index (χ0v) is 21.7. The van der Waals surface area contributed by atoms with Gasteiger partial charge in [0.2, 0.25) is 0 Å². The molecular weight excluding hydrogens is 517 g/mol. The molecule has 1 aromatic heterocycles. The number of halogens is 1. The molecule has 0 radical (unpaired) electrons. The van der Waals surface area contributed by atoms with Crippen molar-refractivity contribution >= 4 is 35.6 Å². The highest BCUT2D eigenvalue weighted by molar-refractivity contribution is 14.0. The van der Waals surface area contributed by atoms with Gasteiger partial charge < -0.3 is 24.8 Å². The van der Waals surface area contributed by atoms with Crippen LogP contribution in [-0.4, -0.2) is 66.2 Å². The summed E-state index contributed by atoms with van der Waals surface area (Å²) in [5.41, 5.74) is 1.27. The third-order valence-electron chi connectivity index (χ3n) is 5.53. The van der Waals surface area contributed by atoms with Crippen molar-refractivity contribution < 1.29 is 4.74 Å². The Labute approximate surface area is 209 Å². The molecule has 9 heteroatoms. The zero-order chi connectivity index (χ0) is 21.7.